The zero-order chi connectivity index (χ0) is 18.7. The molecule has 0 saturated heterocycles. The molecule has 1 amide bonds. The Morgan fingerprint density at radius 1 is 1.16 bits per heavy atom. The molecule has 0 aromatic heterocycles. The van der Waals surface area contributed by atoms with E-state index in [4.69, 9.17) is 21.1 Å². The zero-order valence-electron chi connectivity index (χ0n) is 15.3. The van der Waals surface area contributed by atoms with Gasteiger partial charge in [-0.15, -0.1) is 0 Å². The molecule has 0 radical (unpaired) electrons. The van der Waals surface area contributed by atoms with E-state index < -0.39 is 18.1 Å². The van der Waals surface area contributed by atoms with Gasteiger partial charge >= 0.3 is 12.1 Å². The summed E-state index contributed by atoms with van der Waals surface area (Å²) in [5.74, 6) is -0.407. The molecule has 6 heteroatoms. The average molecular weight is 370 g/mol. The number of nitrogens with zero attached hydrogens (tertiary/aromatic N) is 1. The lowest BCUT2D eigenvalue weighted by Crippen LogP contribution is -2.48. The van der Waals surface area contributed by atoms with Crippen LogP contribution in [0.15, 0.2) is 24.3 Å². The van der Waals surface area contributed by atoms with E-state index in [1.165, 1.54) is 4.90 Å². The van der Waals surface area contributed by atoms with Gasteiger partial charge < -0.3 is 9.47 Å². The van der Waals surface area contributed by atoms with E-state index >= 15 is 0 Å². The van der Waals surface area contributed by atoms with Crippen molar-refractivity contribution in [1.82, 2.24) is 4.90 Å². The van der Waals surface area contributed by atoms with Crippen LogP contribution in [0, 0.1) is 0 Å². The van der Waals surface area contributed by atoms with Gasteiger partial charge in [0.25, 0.3) is 0 Å². The van der Waals surface area contributed by atoms with Gasteiger partial charge in [-0.3, -0.25) is 4.90 Å². The van der Waals surface area contributed by atoms with Gasteiger partial charge in [0.15, 0.2) is 0 Å². The molecule has 1 aromatic carbocycles. The van der Waals surface area contributed by atoms with Crippen LogP contribution in [0.25, 0.3) is 0 Å². The Morgan fingerprint density at radius 3 is 2.52 bits per heavy atom. The monoisotopic (exact) mass is 369 g/mol. The maximum atomic E-state index is 12.6. The van der Waals surface area contributed by atoms with Crippen molar-refractivity contribution in [2.24, 2.45) is 0 Å². The van der Waals surface area contributed by atoms with Crippen LogP contribution in [0.1, 0.15) is 45.6 Å². The number of unbranched alkanes of at least 4 members (excludes halogenated alkanes) is 1. The van der Waals surface area contributed by atoms with Crippen molar-refractivity contribution in [3.63, 3.8) is 0 Å². The summed E-state index contributed by atoms with van der Waals surface area (Å²) in [7, 11) is 0. The van der Waals surface area contributed by atoms with E-state index in [2.05, 4.69) is 0 Å². The minimum atomic E-state index is -0.727. The molecule has 0 saturated carbocycles. The highest BCUT2D eigenvalue weighted by atomic mass is 35.5. The fourth-order valence-electron chi connectivity index (χ4n) is 2.44. The number of carbonyl (C=O) groups excluding carboxylic acids is 2. The van der Waals surface area contributed by atoms with E-state index in [1.807, 2.05) is 26.0 Å². The van der Waals surface area contributed by atoms with Crippen molar-refractivity contribution in [3.05, 3.63) is 34.9 Å². The first-order valence-corrected chi connectivity index (χ1v) is 9.25. The van der Waals surface area contributed by atoms with E-state index in [0.717, 1.165) is 18.4 Å². The van der Waals surface area contributed by atoms with Crippen LogP contribution in [-0.2, 0) is 20.7 Å². The second-order valence-corrected chi connectivity index (χ2v) is 6.20. The van der Waals surface area contributed by atoms with Crippen LogP contribution in [0.5, 0.6) is 0 Å². The molecule has 25 heavy (non-hydrogen) atoms. The zero-order valence-corrected chi connectivity index (χ0v) is 16.1. The number of halogens is 1. The predicted molar refractivity (Wildman–Crippen MR) is 98.8 cm³/mol. The molecular formula is C19H28ClNO4. The molecule has 0 N–H and O–H groups in total. The first kappa shape index (κ1) is 21.3. The first-order valence-electron chi connectivity index (χ1n) is 8.87. The second-order valence-electron chi connectivity index (χ2n) is 5.76. The third-order valence-electron chi connectivity index (χ3n) is 3.68. The molecule has 140 valence electrons. The quantitative estimate of drug-likeness (QED) is 0.451. The Bertz CT molecular complexity index is 550. The normalized spacial score (nSPS) is 11.7. The van der Waals surface area contributed by atoms with Gasteiger partial charge in [-0.1, -0.05) is 44.0 Å². The van der Waals surface area contributed by atoms with Gasteiger partial charge in [-0.25, -0.2) is 9.59 Å². The molecule has 0 fully saturated rings. The van der Waals surface area contributed by atoms with Crippen molar-refractivity contribution in [3.8, 4) is 0 Å². The lowest BCUT2D eigenvalue weighted by Gasteiger charge is -2.29. The average Bonchev–Trinajstić information content (AvgIpc) is 2.58. The number of hydrogen-bond donors (Lipinski definition) is 0. The summed E-state index contributed by atoms with van der Waals surface area (Å²) in [5, 5.41) is 0.591. The molecular weight excluding hydrogens is 342 g/mol. The predicted octanol–water partition coefficient (Wildman–Crippen LogP) is 4.46. The molecule has 0 heterocycles. The van der Waals surface area contributed by atoms with Crippen molar-refractivity contribution >= 4 is 23.7 Å². The number of hydrogen-bond acceptors (Lipinski definition) is 4. The number of amides is 1. The molecule has 5 nitrogen and oxygen atoms in total. The van der Waals surface area contributed by atoms with Gasteiger partial charge in [0, 0.05) is 18.0 Å². The van der Waals surface area contributed by atoms with E-state index in [-0.39, 0.29) is 6.61 Å². The van der Waals surface area contributed by atoms with E-state index in [9.17, 15) is 9.59 Å². The summed E-state index contributed by atoms with van der Waals surface area (Å²) < 4.78 is 10.5. The molecule has 0 aliphatic heterocycles. The third-order valence-corrected chi connectivity index (χ3v) is 3.91. The SMILES string of the molecule is CCCCOC(=O)C(Cc1cccc(Cl)c1)N(CCC)C(=O)OCC. The fourth-order valence-corrected chi connectivity index (χ4v) is 2.66. The van der Waals surface area contributed by atoms with Crippen LogP contribution in [0.2, 0.25) is 5.02 Å². The van der Waals surface area contributed by atoms with Crippen molar-refractivity contribution in [2.45, 2.75) is 52.5 Å². The van der Waals surface area contributed by atoms with Gasteiger partial charge in [0.2, 0.25) is 0 Å². The smallest absolute Gasteiger partial charge is 0.410 e. The lowest BCUT2D eigenvalue weighted by atomic mass is 10.0. The fraction of sp³-hybridized carbons (Fsp3) is 0.579. The Hall–Kier alpha value is -1.75. The number of esters is 1. The number of ether oxygens (including phenoxy) is 2. The number of carbonyl (C=O) groups is 2. The van der Waals surface area contributed by atoms with Gasteiger partial charge in [-0.05, 0) is 37.5 Å². The summed E-state index contributed by atoms with van der Waals surface area (Å²) in [5.41, 5.74) is 0.871. The Kier molecular flexibility index (Phi) is 10.0. The minimum Gasteiger partial charge on any atom is -0.464 e. The Morgan fingerprint density at radius 2 is 1.92 bits per heavy atom. The first-order chi connectivity index (χ1) is 12.0. The number of benzene rings is 1. The van der Waals surface area contributed by atoms with E-state index in [1.54, 1.807) is 19.1 Å². The summed E-state index contributed by atoms with van der Waals surface area (Å²) in [6.45, 7) is 6.75. The highest BCUT2D eigenvalue weighted by Crippen LogP contribution is 2.17. The molecule has 1 rings (SSSR count). The maximum absolute atomic E-state index is 12.6. The molecule has 0 bridgehead atoms. The van der Waals surface area contributed by atoms with Crippen LogP contribution < -0.4 is 0 Å². The third kappa shape index (κ3) is 7.34. The van der Waals surface area contributed by atoms with Crippen molar-refractivity contribution in [2.75, 3.05) is 19.8 Å². The molecule has 1 unspecified atom stereocenters. The molecule has 1 aromatic rings. The number of rotatable bonds is 10. The summed E-state index contributed by atoms with van der Waals surface area (Å²) in [6, 6.07) is 6.55. The molecule has 1 atom stereocenters. The lowest BCUT2D eigenvalue weighted by molar-refractivity contribution is -0.149. The van der Waals surface area contributed by atoms with Gasteiger partial charge in [-0.2, -0.15) is 0 Å². The highest BCUT2D eigenvalue weighted by molar-refractivity contribution is 6.30. The van der Waals surface area contributed by atoms with Crippen LogP contribution in [0.4, 0.5) is 4.79 Å². The standard InChI is InChI=1S/C19H28ClNO4/c1-4-7-12-25-18(22)17(14-15-9-8-10-16(20)13-15)21(11-5-2)19(23)24-6-3/h8-10,13,17H,4-7,11-12,14H2,1-3H3. The highest BCUT2D eigenvalue weighted by Gasteiger charge is 2.31. The maximum Gasteiger partial charge on any atom is 0.410 e. The minimum absolute atomic E-state index is 0.258. The van der Waals surface area contributed by atoms with Crippen LogP contribution in [0.3, 0.4) is 0 Å². The van der Waals surface area contributed by atoms with E-state index in [0.29, 0.717) is 31.0 Å². The van der Waals surface area contributed by atoms with Crippen LogP contribution >= 0.6 is 11.6 Å². The Labute approximate surface area is 155 Å². The summed E-state index contributed by atoms with van der Waals surface area (Å²) >= 11 is 6.04. The molecule has 0 aliphatic carbocycles. The molecule has 0 aliphatic rings. The molecule has 0 spiro atoms. The van der Waals surface area contributed by atoms with Crippen molar-refractivity contribution < 1.29 is 19.1 Å². The largest absolute Gasteiger partial charge is 0.464 e. The van der Waals surface area contributed by atoms with Gasteiger partial charge in [0.05, 0.1) is 13.2 Å². The summed E-state index contributed by atoms with van der Waals surface area (Å²) in [4.78, 5) is 26.4. The second kappa shape index (κ2) is 11.7. The van der Waals surface area contributed by atoms with Crippen LogP contribution in [-0.4, -0.2) is 42.8 Å². The van der Waals surface area contributed by atoms with Crippen molar-refractivity contribution in [1.29, 1.82) is 0 Å². The van der Waals surface area contributed by atoms with Gasteiger partial charge in [0.1, 0.15) is 6.04 Å². The Balaban J connectivity index is 3.01. The summed E-state index contributed by atoms with van der Waals surface area (Å²) in [6.07, 6.45) is 2.28. The topological polar surface area (TPSA) is 55.8 Å².